The van der Waals surface area contributed by atoms with Crippen LogP contribution in [0.4, 0.5) is 17.1 Å². The number of benzene rings is 3. The van der Waals surface area contributed by atoms with Crippen LogP contribution in [-0.2, 0) is 0 Å². The molecule has 0 saturated heterocycles. The Morgan fingerprint density at radius 1 is 0.348 bits per heavy atom. The van der Waals surface area contributed by atoms with E-state index < -0.39 is 0 Å². The third-order valence-corrected chi connectivity index (χ3v) is 18.5. The minimum atomic E-state index is -0.343. The topological polar surface area (TPSA) is 42.3 Å². The van der Waals surface area contributed by atoms with E-state index in [4.69, 9.17) is 16.0 Å². The summed E-state index contributed by atoms with van der Waals surface area (Å²) < 4.78 is 0. The van der Waals surface area contributed by atoms with Crippen molar-refractivity contribution in [2.75, 3.05) is 18.9 Å². The molecular weight excluding hydrogens is 742 g/mol. The van der Waals surface area contributed by atoms with Gasteiger partial charge in [0.05, 0.1) is 34.0 Å². The summed E-state index contributed by atoms with van der Waals surface area (Å²) in [6.07, 6.45) is 3.14. The molecule has 3 nitrogen and oxygen atoms in total. The molecular formula is C39H66LaN3P3+3. The molecule has 0 aliphatic carbocycles. The van der Waals surface area contributed by atoms with Gasteiger partial charge in [0, 0.05) is 0 Å². The van der Waals surface area contributed by atoms with Gasteiger partial charge in [-0.15, -0.1) is 17.1 Å². The summed E-state index contributed by atoms with van der Waals surface area (Å²) in [5, 5.41) is 14.1. The van der Waals surface area contributed by atoms with Crippen LogP contribution in [-0.4, -0.2) is 52.8 Å². The van der Waals surface area contributed by atoms with Gasteiger partial charge in [0.2, 0.25) is 0 Å². The minimum Gasteiger partial charge on any atom is -0.652 e. The van der Waals surface area contributed by atoms with Crippen molar-refractivity contribution in [3.05, 3.63) is 107 Å². The average molecular weight is 809 g/mol. The van der Waals surface area contributed by atoms with E-state index in [0.29, 0.717) is 0 Å². The first kappa shape index (κ1) is 45.5. The zero-order valence-corrected chi connectivity index (χ0v) is 37.8. The summed E-state index contributed by atoms with van der Waals surface area (Å²) in [7, 11) is -1.03. The van der Waals surface area contributed by atoms with Gasteiger partial charge in [-0.05, 0) is 126 Å². The fourth-order valence-electron chi connectivity index (χ4n) is 5.24. The molecule has 3 rings (SSSR count). The van der Waals surface area contributed by atoms with Crippen LogP contribution in [0.15, 0.2) is 91.0 Å². The maximum Gasteiger partial charge on any atom is 3.00 e. The van der Waals surface area contributed by atoms with Crippen molar-refractivity contribution in [3.8, 4) is 0 Å². The van der Waals surface area contributed by atoms with E-state index in [2.05, 4.69) is 156 Å². The zero-order chi connectivity index (χ0) is 33.8. The number of rotatable bonds is 15. The van der Waals surface area contributed by atoms with E-state index in [9.17, 15) is 0 Å². The molecule has 46 heavy (non-hydrogen) atoms. The fourth-order valence-corrected chi connectivity index (χ4v) is 12.5. The van der Waals surface area contributed by atoms with Crippen molar-refractivity contribution in [2.24, 2.45) is 0 Å². The van der Waals surface area contributed by atoms with Crippen molar-refractivity contribution >= 4 is 40.8 Å². The van der Waals surface area contributed by atoms with Crippen LogP contribution < -0.4 is 0 Å². The van der Waals surface area contributed by atoms with Crippen LogP contribution in [0.1, 0.15) is 83.1 Å². The number of hydrogen-bond acceptors (Lipinski definition) is 0. The summed E-state index contributed by atoms with van der Waals surface area (Å²) in [5.41, 5.74) is 8.23. The molecule has 0 aliphatic heterocycles. The summed E-state index contributed by atoms with van der Waals surface area (Å²) >= 11 is 0. The largest absolute Gasteiger partial charge is 3.00 e. The standard InChI is InChI=1S/3C13H21NP.La/c3*1-11(2)15(12(3)4)10-14-13-8-6-5-7-9-13;/h3*5-9,11-12H,10H2,1-4H3;/q3*-1;+3/p+3. The predicted octanol–water partition coefficient (Wildman–Crippen LogP) is 14.0. The Labute approximate surface area is 316 Å². The molecule has 0 spiro atoms. The van der Waals surface area contributed by atoms with Crippen molar-refractivity contribution in [2.45, 2.75) is 117 Å². The van der Waals surface area contributed by atoms with E-state index in [0.717, 1.165) is 69.9 Å². The van der Waals surface area contributed by atoms with Gasteiger partial charge in [-0.1, -0.05) is 91.0 Å². The zero-order valence-electron chi connectivity index (χ0n) is 31.2. The van der Waals surface area contributed by atoms with Crippen molar-refractivity contribution in [3.63, 3.8) is 0 Å². The Morgan fingerprint density at radius 2 is 0.522 bits per heavy atom. The molecule has 0 amide bonds. The smallest absolute Gasteiger partial charge is 0.652 e. The van der Waals surface area contributed by atoms with Crippen LogP contribution in [0.3, 0.4) is 0 Å². The van der Waals surface area contributed by atoms with Crippen LogP contribution in [0.5, 0.6) is 0 Å². The van der Waals surface area contributed by atoms with E-state index in [1.807, 2.05) is 18.2 Å². The van der Waals surface area contributed by atoms with Crippen LogP contribution in [0.25, 0.3) is 16.0 Å². The minimum absolute atomic E-state index is 0. The monoisotopic (exact) mass is 808 g/mol. The van der Waals surface area contributed by atoms with Crippen molar-refractivity contribution in [1.82, 2.24) is 0 Å². The molecule has 0 aliphatic rings. The Bertz CT molecular complexity index is 932. The number of para-hydroxylation sites is 3. The molecule has 3 aromatic carbocycles. The molecule has 0 fully saturated rings. The van der Waals surface area contributed by atoms with Gasteiger partial charge < -0.3 is 16.0 Å². The second-order valence-electron chi connectivity index (χ2n) is 13.6. The Morgan fingerprint density at radius 3 is 0.674 bits per heavy atom. The normalized spacial score (nSPS) is 11.2. The Kier molecular flexibility index (Phi) is 26.2. The number of hydrogen-bond donors (Lipinski definition) is 0. The van der Waals surface area contributed by atoms with Gasteiger partial charge >= 0.3 is 35.6 Å². The van der Waals surface area contributed by atoms with E-state index >= 15 is 0 Å². The molecule has 0 unspecified atom stereocenters. The van der Waals surface area contributed by atoms with E-state index in [1.54, 1.807) is 0 Å². The Balaban J connectivity index is 0.000000653. The van der Waals surface area contributed by atoms with Gasteiger partial charge in [-0.2, -0.15) is 0 Å². The van der Waals surface area contributed by atoms with Gasteiger partial charge in [-0.3, -0.25) is 0 Å². The first-order chi connectivity index (χ1) is 21.3. The fraction of sp³-hybridized carbons (Fsp3) is 0.538. The van der Waals surface area contributed by atoms with Gasteiger partial charge in [0.15, 0.2) is 0 Å². The van der Waals surface area contributed by atoms with Crippen LogP contribution in [0.2, 0.25) is 0 Å². The predicted molar refractivity (Wildman–Crippen MR) is 219 cm³/mol. The van der Waals surface area contributed by atoms with E-state index in [-0.39, 0.29) is 59.4 Å². The van der Waals surface area contributed by atoms with Crippen molar-refractivity contribution < 1.29 is 35.6 Å². The van der Waals surface area contributed by atoms with Gasteiger partial charge in [-0.25, -0.2) is 0 Å². The maximum absolute atomic E-state index is 4.69. The SMILES string of the molecule is CC(C)[PH+](C[N-]c1ccccc1)C(C)C.CC(C)[PH+](C[N-]c1ccccc1)C(C)C.CC(C)[PH+](C[N-]c1ccccc1)C(C)C.[La+3]. The first-order valence-electron chi connectivity index (χ1n) is 17.1. The van der Waals surface area contributed by atoms with Gasteiger partial charge in [0.25, 0.3) is 0 Å². The Hall–Kier alpha value is -0.455. The third kappa shape index (κ3) is 20.1. The molecule has 0 radical (unpaired) electrons. The van der Waals surface area contributed by atoms with E-state index in [1.165, 1.54) is 0 Å². The molecule has 0 heterocycles. The summed E-state index contributed by atoms with van der Waals surface area (Å²) in [4.78, 5) is 0. The van der Waals surface area contributed by atoms with Crippen LogP contribution >= 0.6 is 23.8 Å². The molecule has 0 N–H and O–H groups in total. The molecule has 0 aromatic heterocycles. The summed E-state index contributed by atoms with van der Waals surface area (Å²) in [6, 6.07) is 30.9. The molecule has 0 saturated carbocycles. The molecule has 252 valence electrons. The first-order valence-corrected chi connectivity index (χ1v) is 22.7. The summed E-state index contributed by atoms with van der Waals surface area (Å²) in [6.45, 7) is 27.9. The molecule has 7 heteroatoms. The quantitative estimate of drug-likeness (QED) is 0.137. The summed E-state index contributed by atoms with van der Waals surface area (Å²) in [5.74, 6) is 0. The average Bonchev–Trinajstić information content (AvgIpc) is 2.99. The second-order valence-corrected chi connectivity index (χ2v) is 24.9. The second kappa shape index (κ2) is 26.4. The van der Waals surface area contributed by atoms with Crippen LogP contribution in [0, 0.1) is 35.6 Å². The number of nitrogens with zero attached hydrogens (tertiary/aromatic N) is 3. The molecule has 0 atom stereocenters. The maximum atomic E-state index is 4.69. The van der Waals surface area contributed by atoms with Crippen molar-refractivity contribution in [1.29, 1.82) is 0 Å². The molecule has 0 bridgehead atoms. The molecule has 3 aromatic rings. The third-order valence-electron chi connectivity index (χ3n) is 8.05. The van der Waals surface area contributed by atoms with Gasteiger partial charge in [0.1, 0.15) is 0 Å².